The van der Waals surface area contributed by atoms with E-state index in [1.54, 1.807) is 0 Å². The lowest BCUT2D eigenvalue weighted by Gasteiger charge is -2.07. The molecule has 1 saturated heterocycles. The fourth-order valence-corrected chi connectivity index (χ4v) is 1.80. The lowest BCUT2D eigenvalue weighted by molar-refractivity contribution is -0.192. The van der Waals surface area contributed by atoms with Gasteiger partial charge in [-0.3, -0.25) is 0 Å². The summed E-state index contributed by atoms with van der Waals surface area (Å²) in [6.07, 6.45) is -3.89. The third kappa shape index (κ3) is 4.90. The number of carboxylic acid groups (broad SMARTS) is 1. The number of alkyl halides is 3. The van der Waals surface area contributed by atoms with E-state index in [1.165, 1.54) is 12.0 Å². The van der Waals surface area contributed by atoms with Gasteiger partial charge in [0, 0.05) is 6.54 Å². The van der Waals surface area contributed by atoms with E-state index in [1.807, 2.05) is 18.2 Å². The summed E-state index contributed by atoms with van der Waals surface area (Å²) in [7, 11) is 0. The highest BCUT2D eigenvalue weighted by Gasteiger charge is 2.38. The van der Waals surface area contributed by atoms with Gasteiger partial charge in [0.05, 0.1) is 11.6 Å². The molecule has 1 aliphatic rings. The van der Waals surface area contributed by atoms with E-state index in [2.05, 4.69) is 17.5 Å². The highest BCUT2D eigenvalue weighted by Crippen LogP contribution is 2.22. The molecule has 0 radical (unpaired) electrons. The Morgan fingerprint density at radius 1 is 1.45 bits per heavy atom. The van der Waals surface area contributed by atoms with Crippen molar-refractivity contribution in [2.75, 3.05) is 13.1 Å². The highest BCUT2D eigenvalue weighted by atomic mass is 19.4. The molecule has 7 heteroatoms. The van der Waals surface area contributed by atoms with Crippen LogP contribution in [0.1, 0.15) is 23.5 Å². The van der Waals surface area contributed by atoms with Crippen molar-refractivity contribution in [3.63, 3.8) is 0 Å². The van der Waals surface area contributed by atoms with Crippen LogP contribution in [0.25, 0.3) is 0 Å². The third-order valence-corrected chi connectivity index (χ3v) is 2.79. The van der Waals surface area contributed by atoms with Crippen LogP contribution >= 0.6 is 0 Å². The molecule has 0 aliphatic carbocycles. The average Bonchev–Trinajstić information content (AvgIpc) is 2.92. The van der Waals surface area contributed by atoms with Gasteiger partial charge in [-0.1, -0.05) is 12.1 Å². The first-order valence-corrected chi connectivity index (χ1v) is 5.85. The molecule has 108 valence electrons. The number of benzene rings is 1. The maximum atomic E-state index is 10.6. The van der Waals surface area contributed by atoms with Crippen LogP contribution in [0, 0.1) is 11.3 Å². The summed E-state index contributed by atoms with van der Waals surface area (Å²) < 4.78 is 31.7. The summed E-state index contributed by atoms with van der Waals surface area (Å²) in [5.74, 6) is -2.15. The van der Waals surface area contributed by atoms with Crippen molar-refractivity contribution in [1.29, 1.82) is 5.26 Å². The molecule has 1 fully saturated rings. The summed E-state index contributed by atoms with van der Waals surface area (Å²) in [5, 5.41) is 19.2. The van der Waals surface area contributed by atoms with Crippen molar-refractivity contribution in [3.05, 3.63) is 35.4 Å². The molecular formula is C13H13F3N2O2. The molecule has 0 aromatic heterocycles. The van der Waals surface area contributed by atoms with Gasteiger partial charge in [0.1, 0.15) is 0 Å². The van der Waals surface area contributed by atoms with Crippen molar-refractivity contribution in [2.24, 2.45) is 0 Å². The molecule has 0 bridgehead atoms. The lowest BCUT2D eigenvalue weighted by atomic mass is 9.97. The van der Waals surface area contributed by atoms with Gasteiger partial charge in [0.15, 0.2) is 0 Å². The van der Waals surface area contributed by atoms with E-state index in [0.717, 1.165) is 18.7 Å². The van der Waals surface area contributed by atoms with Gasteiger partial charge in [-0.15, -0.1) is 0 Å². The van der Waals surface area contributed by atoms with Crippen molar-refractivity contribution in [3.8, 4) is 6.07 Å². The number of aliphatic carboxylic acids is 1. The number of carbonyl (C=O) groups is 1. The summed E-state index contributed by atoms with van der Waals surface area (Å²) in [4.78, 5) is 8.90. The predicted octanol–water partition coefficient (Wildman–Crippen LogP) is 2.27. The average molecular weight is 286 g/mol. The first-order valence-electron chi connectivity index (χ1n) is 5.85. The van der Waals surface area contributed by atoms with Crippen LogP contribution in [0.2, 0.25) is 0 Å². The Labute approximate surface area is 113 Å². The monoisotopic (exact) mass is 286 g/mol. The molecule has 20 heavy (non-hydrogen) atoms. The first-order chi connectivity index (χ1) is 9.34. The molecular weight excluding hydrogens is 273 g/mol. The molecule has 1 aliphatic heterocycles. The molecule has 0 spiro atoms. The Bertz CT molecular complexity index is 503. The van der Waals surface area contributed by atoms with E-state index >= 15 is 0 Å². The van der Waals surface area contributed by atoms with Gasteiger partial charge >= 0.3 is 12.1 Å². The van der Waals surface area contributed by atoms with Gasteiger partial charge in [-0.05, 0) is 36.6 Å². The largest absolute Gasteiger partial charge is 0.490 e. The molecule has 2 N–H and O–H groups in total. The summed E-state index contributed by atoms with van der Waals surface area (Å²) in [6, 6.07) is 10.1. The number of nitrogens with one attached hydrogen (secondary N) is 1. The van der Waals surface area contributed by atoms with Crippen LogP contribution < -0.4 is 5.32 Å². The Hall–Kier alpha value is -2.07. The maximum Gasteiger partial charge on any atom is 0.490 e. The Morgan fingerprint density at radius 3 is 2.55 bits per heavy atom. The summed E-state index contributed by atoms with van der Waals surface area (Å²) >= 11 is 0. The highest BCUT2D eigenvalue weighted by molar-refractivity contribution is 5.73. The van der Waals surface area contributed by atoms with E-state index in [-0.39, 0.29) is 0 Å². The standard InChI is InChI=1S/C11H12N2.C2HF3O2/c12-7-9-2-1-3-10(6-9)11-4-5-13-8-11;3-2(4,5)1(6)7/h1-3,6,11,13H,4-5,8H2;(H,6,7). The third-order valence-electron chi connectivity index (χ3n) is 2.79. The van der Waals surface area contributed by atoms with Crippen LogP contribution in [0.4, 0.5) is 13.2 Å². The molecule has 1 aromatic rings. The van der Waals surface area contributed by atoms with Crippen LogP contribution in [0.15, 0.2) is 24.3 Å². The van der Waals surface area contributed by atoms with Gasteiger partial charge < -0.3 is 10.4 Å². The molecule has 1 heterocycles. The van der Waals surface area contributed by atoms with Gasteiger partial charge in [0.25, 0.3) is 0 Å². The second kappa shape index (κ2) is 6.91. The van der Waals surface area contributed by atoms with Crippen molar-refractivity contribution >= 4 is 5.97 Å². The number of hydrogen-bond acceptors (Lipinski definition) is 3. The van der Waals surface area contributed by atoms with Crippen molar-refractivity contribution in [2.45, 2.75) is 18.5 Å². The van der Waals surface area contributed by atoms with Crippen LogP contribution in [0.5, 0.6) is 0 Å². The molecule has 0 saturated carbocycles. The maximum absolute atomic E-state index is 10.6. The van der Waals surface area contributed by atoms with Gasteiger partial charge in [-0.25, -0.2) is 4.79 Å². The van der Waals surface area contributed by atoms with E-state index in [4.69, 9.17) is 15.2 Å². The summed E-state index contributed by atoms with van der Waals surface area (Å²) in [5.41, 5.74) is 2.06. The normalized spacial score (nSPS) is 17.8. The minimum Gasteiger partial charge on any atom is -0.475 e. The molecule has 0 amide bonds. The number of nitrogens with zero attached hydrogens (tertiary/aromatic N) is 1. The Morgan fingerprint density at radius 2 is 2.10 bits per heavy atom. The number of carboxylic acids is 1. The van der Waals surface area contributed by atoms with E-state index < -0.39 is 12.1 Å². The zero-order valence-electron chi connectivity index (χ0n) is 10.4. The second-order valence-corrected chi connectivity index (χ2v) is 4.23. The quantitative estimate of drug-likeness (QED) is 0.830. The lowest BCUT2D eigenvalue weighted by Crippen LogP contribution is -2.21. The minimum absolute atomic E-state index is 0.605. The Balaban J connectivity index is 0.000000246. The second-order valence-electron chi connectivity index (χ2n) is 4.23. The van der Waals surface area contributed by atoms with E-state index in [0.29, 0.717) is 5.92 Å². The van der Waals surface area contributed by atoms with Crippen LogP contribution in [-0.4, -0.2) is 30.3 Å². The van der Waals surface area contributed by atoms with E-state index in [9.17, 15) is 13.2 Å². The van der Waals surface area contributed by atoms with Crippen molar-refractivity contribution < 1.29 is 23.1 Å². The molecule has 2 rings (SSSR count). The number of nitriles is 1. The molecule has 1 aromatic carbocycles. The predicted molar refractivity (Wildman–Crippen MR) is 65.1 cm³/mol. The number of halogens is 3. The zero-order valence-corrected chi connectivity index (χ0v) is 10.4. The smallest absolute Gasteiger partial charge is 0.475 e. The molecule has 4 nitrogen and oxygen atoms in total. The minimum atomic E-state index is -5.08. The van der Waals surface area contributed by atoms with Crippen LogP contribution in [-0.2, 0) is 4.79 Å². The summed E-state index contributed by atoms with van der Waals surface area (Å²) in [6.45, 7) is 2.15. The van der Waals surface area contributed by atoms with Crippen molar-refractivity contribution in [1.82, 2.24) is 5.32 Å². The number of hydrogen-bond donors (Lipinski definition) is 2. The first kappa shape index (κ1) is 16.0. The van der Waals surface area contributed by atoms with Crippen LogP contribution in [0.3, 0.4) is 0 Å². The zero-order chi connectivity index (χ0) is 15.2. The molecule has 1 unspecified atom stereocenters. The molecule has 1 atom stereocenters. The number of rotatable bonds is 1. The fourth-order valence-electron chi connectivity index (χ4n) is 1.80. The fraction of sp³-hybridized carbons (Fsp3) is 0.385. The SMILES string of the molecule is N#Cc1cccc(C2CCNC2)c1.O=C(O)C(F)(F)F. The Kier molecular flexibility index (Phi) is 5.53. The van der Waals surface area contributed by atoms with Gasteiger partial charge in [0.2, 0.25) is 0 Å². The van der Waals surface area contributed by atoms with Gasteiger partial charge in [-0.2, -0.15) is 18.4 Å². The topological polar surface area (TPSA) is 73.1 Å².